The van der Waals surface area contributed by atoms with Crippen LogP contribution in [0, 0.1) is 0 Å². The average molecular weight is 387 g/mol. The van der Waals surface area contributed by atoms with Gasteiger partial charge in [0.05, 0.1) is 12.7 Å². The monoisotopic (exact) mass is 386 g/mol. The molecule has 4 heteroatoms. The van der Waals surface area contributed by atoms with Gasteiger partial charge in [0.15, 0.2) is 0 Å². The standard InChI is InChI=1S/C20H18S4/c1-2-6-15(5-1)9-11-17(12-10-16-7-3-4-8-16)18-23-19-20(24-18)22-14-13-21-19/h1-5,7,9-12H,6,8,13-14H2/b11-9+,12-10+. The number of hydrogen-bond donors (Lipinski definition) is 0. The first kappa shape index (κ1) is 16.8. The second-order valence-corrected chi connectivity index (χ2v) is 10.7. The van der Waals surface area contributed by atoms with Crippen LogP contribution in [0.1, 0.15) is 12.8 Å². The lowest BCUT2D eigenvalue weighted by Gasteiger charge is -2.08. The fourth-order valence-corrected chi connectivity index (χ4v) is 8.54. The third kappa shape index (κ3) is 4.10. The van der Waals surface area contributed by atoms with Gasteiger partial charge in [-0.2, -0.15) is 0 Å². The van der Waals surface area contributed by atoms with Gasteiger partial charge >= 0.3 is 0 Å². The van der Waals surface area contributed by atoms with E-state index >= 15 is 0 Å². The van der Waals surface area contributed by atoms with Gasteiger partial charge in [0.2, 0.25) is 0 Å². The largest absolute Gasteiger partial charge is 0.116 e. The number of rotatable bonds is 4. The van der Waals surface area contributed by atoms with E-state index in [0.29, 0.717) is 0 Å². The van der Waals surface area contributed by atoms with Gasteiger partial charge in [-0.3, -0.25) is 0 Å². The SMILES string of the molecule is C1=CCC(/C=C/C(/C=C/C2=CC=CC2)=C2SC3=C(SCCS3)S2)=C1. The van der Waals surface area contributed by atoms with E-state index in [1.165, 1.54) is 40.9 Å². The van der Waals surface area contributed by atoms with Gasteiger partial charge < -0.3 is 0 Å². The van der Waals surface area contributed by atoms with Crippen molar-refractivity contribution in [2.24, 2.45) is 0 Å². The summed E-state index contributed by atoms with van der Waals surface area (Å²) in [6.07, 6.45) is 24.4. The molecule has 0 bridgehead atoms. The zero-order valence-corrected chi connectivity index (χ0v) is 16.5. The fraction of sp³-hybridized carbons (Fsp3) is 0.200. The van der Waals surface area contributed by atoms with Crippen LogP contribution in [0.15, 0.2) is 90.2 Å². The quantitative estimate of drug-likeness (QED) is 0.502. The van der Waals surface area contributed by atoms with E-state index in [4.69, 9.17) is 0 Å². The molecule has 24 heavy (non-hydrogen) atoms. The molecule has 122 valence electrons. The molecule has 0 aromatic heterocycles. The summed E-state index contributed by atoms with van der Waals surface area (Å²) in [5.74, 6) is 2.48. The summed E-state index contributed by atoms with van der Waals surface area (Å²) in [5.41, 5.74) is 4.11. The molecule has 0 aromatic carbocycles. The second kappa shape index (κ2) is 8.13. The molecule has 2 heterocycles. The zero-order chi connectivity index (χ0) is 16.2. The summed E-state index contributed by atoms with van der Waals surface area (Å²) in [6, 6.07) is 0. The van der Waals surface area contributed by atoms with Crippen molar-refractivity contribution in [3.8, 4) is 0 Å². The van der Waals surface area contributed by atoms with Crippen molar-refractivity contribution < 1.29 is 0 Å². The highest BCUT2D eigenvalue weighted by Gasteiger charge is 2.26. The molecule has 0 unspecified atom stereocenters. The Hall–Kier alpha value is -0.680. The molecular formula is C20H18S4. The van der Waals surface area contributed by atoms with E-state index in [2.05, 4.69) is 60.8 Å². The number of thioether (sulfide) groups is 4. The van der Waals surface area contributed by atoms with E-state index in [0.717, 1.165) is 12.8 Å². The summed E-state index contributed by atoms with van der Waals surface area (Å²) < 4.78 is 4.44. The molecule has 0 aromatic rings. The predicted octanol–water partition coefficient (Wildman–Crippen LogP) is 7.17. The highest BCUT2D eigenvalue weighted by atomic mass is 32.3. The van der Waals surface area contributed by atoms with Gasteiger partial charge in [-0.05, 0) is 29.6 Å². The van der Waals surface area contributed by atoms with Crippen molar-refractivity contribution in [2.45, 2.75) is 12.8 Å². The smallest absolute Gasteiger partial charge is 0.0660 e. The molecule has 0 spiro atoms. The predicted molar refractivity (Wildman–Crippen MR) is 116 cm³/mol. The Bertz CT molecular complexity index is 707. The second-order valence-electron chi connectivity index (χ2n) is 5.63. The van der Waals surface area contributed by atoms with Crippen molar-refractivity contribution in [3.05, 3.63) is 90.2 Å². The van der Waals surface area contributed by atoms with Crippen molar-refractivity contribution in [2.75, 3.05) is 11.5 Å². The van der Waals surface area contributed by atoms with Crippen LogP contribution in [-0.4, -0.2) is 11.5 Å². The van der Waals surface area contributed by atoms with E-state index in [1.807, 2.05) is 47.0 Å². The molecule has 0 saturated heterocycles. The third-order valence-electron chi connectivity index (χ3n) is 3.88. The number of hydrogen-bond acceptors (Lipinski definition) is 4. The minimum atomic E-state index is 1.05. The summed E-state index contributed by atoms with van der Waals surface area (Å²) in [6.45, 7) is 0. The fourth-order valence-electron chi connectivity index (χ4n) is 2.60. The van der Waals surface area contributed by atoms with Crippen LogP contribution in [0.2, 0.25) is 0 Å². The lowest BCUT2D eigenvalue weighted by Crippen LogP contribution is -1.88. The van der Waals surface area contributed by atoms with Gasteiger partial charge in [0.25, 0.3) is 0 Å². The van der Waals surface area contributed by atoms with E-state index in [1.54, 1.807) is 0 Å². The Labute approximate surface area is 161 Å². The molecule has 0 radical (unpaired) electrons. The van der Waals surface area contributed by atoms with Crippen LogP contribution >= 0.6 is 47.0 Å². The average Bonchev–Trinajstić information content (AvgIpc) is 3.36. The van der Waals surface area contributed by atoms with Gasteiger partial charge in [-0.25, -0.2) is 0 Å². The van der Waals surface area contributed by atoms with E-state index in [9.17, 15) is 0 Å². The molecular weight excluding hydrogens is 368 g/mol. The first-order valence-electron chi connectivity index (χ1n) is 8.06. The minimum absolute atomic E-state index is 1.05. The first-order chi connectivity index (χ1) is 11.9. The summed E-state index contributed by atoms with van der Waals surface area (Å²) in [4.78, 5) is 0. The molecule has 0 N–H and O–H groups in total. The van der Waals surface area contributed by atoms with Crippen molar-refractivity contribution in [3.63, 3.8) is 0 Å². The van der Waals surface area contributed by atoms with Gasteiger partial charge in [-0.15, -0.1) is 23.5 Å². The van der Waals surface area contributed by atoms with Gasteiger partial charge in [-0.1, -0.05) is 84.3 Å². The lowest BCUT2D eigenvalue weighted by molar-refractivity contribution is 1.32. The first-order valence-corrected chi connectivity index (χ1v) is 11.7. The van der Waals surface area contributed by atoms with Crippen molar-refractivity contribution in [1.82, 2.24) is 0 Å². The van der Waals surface area contributed by atoms with Crippen molar-refractivity contribution in [1.29, 1.82) is 0 Å². The molecule has 4 rings (SSSR count). The van der Waals surface area contributed by atoms with E-state index in [-0.39, 0.29) is 0 Å². The Kier molecular flexibility index (Phi) is 5.68. The van der Waals surface area contributed by atoms with Gasteiger partial charge in [0.1, 0.15) is 0 Å². The zero-order valence-electron chi connectivity index (χ0n) is 13.2. The Morgan fingerprint density at radius 1 is 0.792 bits per heavy atom. The molecule has 0 atom stereocenters. The molecule has 2 aliphatic heterocycles. The van der Waals surface area contributed by atoms with Crippen LogP contribution in [-0.2, 0) is 0 Å². The van der Waals surface area contributed by atoms with E-state index < -0.39 is 0 Å². The highest BCUT2D eigenvalue weighted by Crippen LogP contribution is 2.60. The molecule has 0 amide bonds. The lowest BCUT2D eigenvalue weighted by atomic mass is 10.1. The Balaban J connectivity index is 1.56. The molecule has 0 saturated carbocycles. The van der Waals surface area contributed by atoms with Crippen LogP contribution in [0.5, 0.6) is 0 Å². The molecule has 2 aliphatic carbocycles. The molecule has 4 aliphatic rings. The van der Waals surface area contributed by atoms with Crippen LogP contribution < -0.4 is 0 Å². The topological polar surface area (TPSA) is 0 Å². The normalized spacial score (nSPS) is 22.9. The van der Waals surface area contributed by atoms with Gasteiger partial charge in [0, 0.05) is 11.5 Å². The summed E-state index contributed by atoms with van der Waals surface area (Å²) in [7, 11) is 0. The molecule has 0 nitrogen and oxygen atoms in total. The Morgan fingerprint density at radius 2 is 1.33 bits per heavy atom. The van der Waals surface area contributed by atoms with Crippen LogP contribution in [0.25, 0.3) is 0 Å². The van der Waals surface area contributed by atoms with Crippen LogP contribution in [0.3, 0.4) is 0 Å². The Morgan fingerprint density at radius 3 is 1.79 bits per heavy atom. The maximum absolute atomic E-state index is 2.29. The highest BCUT2D eigenvalue weighted by molar-refractivity contribution is 8.41. The minimum Gasteiger partial charge on any atom is -0.116 e. The third-order valence-corrected chi connectivity index (χ3v) is 9.73. The maximum atomic E-state index is 2.29. The summed E-state index contributed by atoms with van der Waals surface area (Å²) >= 11 is 7.95. The van der Waals surface area contributed by atoms with Crippen molar-refractivity contribution >= 4 is 47.0 Å². The van der Waals surface area contributed by atoms with Crippen LogP contribution in [0.4, 0.5) is 0 Å². The summed E-state index contributed by atoms with van der Waals surface area (Å²) in [5, 5.41) is 0. The molecule has 0 fully saturated rings. The maximum Gasteiger partial charge on any atom is 0.0660 e. The number of allylic oxidation sites excluding steroid dienone is 13.